The van der Waals surface area contributed by atoms with Crippen molar-refractivity contribution in [3.63, 3.8) is 0 Å². The first-order valence-electron chi connectivity index (χ1n) is 11.2. The lowest BCUT2D eigenvalue weighted by Gasteiger charge is -2.26. The summed E-state index contributed by atoms with van der Waals surface area (Å²) >= 11 is 5.68. The highest BCUT2D eigenvalue weighted by Gasteiger charge is 2.15. The number of aromatic amines is 1. The van der Waals surface area contributed by atoms with E-state index in [0.29, 0.717) is 35.3 Å². The molecule has 0 atom stereocenters. The van der Waals surface area contributed by atoms with Crippen LogP contribution in [-0.4, -0.2) is 42.3 Å². The van der Waals surface area contributed by atoms with E-state index < -0.39 is 0 Å². The Balaban J connectivity index is 1.86. The van der Waals surface area contributed by atoms with Gasteiger partial charge in [0, 0.05) is 18.7 Å². The Bertz CT molecular complexity index is 1190. The number of hydrogen-bond donors (Lipinski definition) is 2. The fourth-order valence-electron chi connectivity index (χ4n) is 3.95. The van der Waals surface area contributed by atoms with Gasteiger partial charge in [0.25, 0.3) is 5.56 Å². The Labute approximate surface area is 200 Å². The molecule has 3 aromatic rings. The smallest absolute Gasteiger partial charge is 0.253 e. The van der Waals surface area contributed by atoms with Crippen molar-refractivity contribution in [3.05, 3.63) is 69.0 Å². The van der Waals surface area contributed by atoms with E-state index in [-0.39, 0.29) is 5.56 Å². The number of nitrogens with one attached hydrogen (secondary N) is 2. The van der Waals surface area contributed by atoms with Crippen LogP contribution in [0, 0.1) is 13.8 Å². The first kappa shape index (κ1) is 24.6. The van der Waals surface area contributed by atoms with E-state index in [4.69, 9.17) is 21.7 Å². The van der Waals surface area contributed by atoms with Crippen LogP contribution in [0.3, 0.4) is 0 Å². The van der Waals surface area contributed by atoms with Crippen molar-refractivity contribution < 1.29 is 9.47 Å². The number of methoxy groups -OCH3 is 2. The molecule has 0 unspecified atom stereocenters. The number of thiocarbonyl (C=S) groups is 1. The minimum Gasteiger partial charge on any atom is -0.493 e. The lowest BCUT2D eigenvalue weighted by atomic mass is 10.0. The van der Waals surface area contributed by atoms with Crippen LogP contribution in [-0.2, 0) is 13.0 Å². The van der Waals surface area contributed by atoms with Gasteiger partial charge in [-0.2, -0.15) is 0 Å². The lowest BCUT2D eigenvalue weighted by Crippen LogP contribution is -2.41. The molecule has 0 radical (unpaired) electrons. The molecule has 3 rings (SSSR count). The SMILES string of the molecule is CCCNC(=S)N(CCc1ccc(OC)c(OC)c1)Cc1cc2cc(C)cc(C)c2[nH]c1=O. The molecule has 0 aliphatic heterocycles. The molecular weight excluding hydrogens is 434 g/mol. The Morgan fingerprint density at radius 3 is 2.55 bits per heavy atom. The predicted molar refractivity (Wildman–Crippen MR) is 139 cm³/mol. The summed E-state index contributed by atoms with van der Waals surface area (Å²) in [5.41, 5.74) is 4.85. The third kappa shape index (κ3) is 6.05. The first-order chi connectivity index (χ1) is 15.9. The van der Waals surface area contributed by atoms with E-state index in [1.54, 1.807) is 14.2 Å². The molecular formula is C26H33N3O3S. The number of hydrogen-bond acceptors (Lipinski definition) is 4. The van der Waals surface area contributed by atoms with E-state index in [2.05, 4.69) is 41.2 Å². The molecule has 33 heavy (non-hydrogen) atoms. The minimum absolute atomic E-state index is 0.0798. The summed E-state index contributed by atoms with van der Waals surface area (Å²) in [6.45, 7) is 8.07. The van der Waals surface area contributed by atoms with Crippen molar-refractivity contribution in [1.29, 1.82) is 0 Å². The summed E-state index contributed by atoms with van der Waals surface area (Å²) in [5, 5.41) is 4.99. The van der Waals surface area contributed by atoms with Gasteiger partial charge < -0.3 is 24.7 Å². The van der Waals surface area contributed by atoms with Gasteiger partial charge >= 0.3 is 0 Å². The second-order valence-electron chi connectivity index (χ2n) is 8.26. The zero-order valence-corrected chi connectivity index (χ0v) is 20.9. The van der Waals surface area contributed by atoms with Crippen LogP contribution >= 0.6 is 12.2 Å². The summed E-state index contributed by atoms with van der Waals surface area (Å²) in [6.07, 6.45) is 1.72. The average Bonchev–Trinajstić information content (AvgIpc) is 2.80. The van der Waals surface area contributed by atoms with Crippen LogP contribution in [0.1, 0.15) is 35.6 Å². The van der Waals surface area contributed by atoms with Crippen molar-refractivity contribution in [3.8, 4) is 11.5 Å². The highest BCUT2D eigenvalue weighted by molar-refractivity contribution is 7.80. The number of aromatic nitrogens is 1. The third-order valence-electron chi connectivity index (χ3n) is 5.66. The molecule has 0 bridgehead atoms. The molecule has 0 aliphatic rings. The summed E-state index contributed by atoms with van der Waals surface area (Å²) in [7, 11) is 3.26. The van der Waals surface area contributed by atoms with Gasteiger partial charge in [0.15, 0.2) is 16.6 Å². The van der Waals surface area contributed by atoms with Crippen molar-refractivity contribution in [2.45, 2.75) is 40.2 Å². The van der Waals surface area contributed by atoms with Crippen molar-refractivity contribution >= 4 is 28.2 Å². The predicted octanol–water partition coefficient (Wildman–Crippen LogP) is 4.49. The zero-order chi connectivity index (χ0) is 24.0. The molecule has 0 aliphatic carbocycles. The third-order valence-corrected chi connectivity index (χ3v) is 6.07. The maximum Gasteiger partial charge on any atom is 0.253 e. The molecule has 0 fully saturated rings. The number of H-pyrrole nitrogens is 1. The van der Waals surface area contributed by atoms with Crippen LogP contribution in [0.5, 0.6) is 11.5 Å². The van der Waals surface area contributed by atoms with Crippen molar-refractivity contribution in [2.24, 2.45) is 0 Å². The van der Waals surface area contributed by atoms with Gasteiger partial charge in [-0.1, -0.05) is 24.6 Å². The van der Waals surface area contributed by atoms with Gasteiger partial charge in [-0.15, -0.1) is 0 Å². The van der Waals surface area contributed by atoms with E-state index in [0.717, 1.165) is 41.4 Å². The average molecular weight is 468 g/mol. The second kappa shape index (κ2) is 11.2. The topological polar surface area (TPSA) is 66.6 Å². The molecule has 0 saturated carbocycles. The van der Waals surface area contributed by atoms with Gasteiger partial charge in [-0.3, -0.25) is 4.79 Å². The summed E-state index contributed by atoms with van der Waals surface area (Å²) in [5.74, 6) is 1.40. The minimum atomic E-state index is -0.0798. The van der Waals surface area contributed by atoms with Gasteiger partial charge in [0.2, 0.25) is 0 Å². The second-order valence-corrected chi connectivity index (χ2v) is 8.65. The van der Waals surface area contributed by atoms with Gasteiger partial charge in [0.05, 0.1) is 26.3 Å². The quantitative estimate of drug-likeness (QED) is 0.452. The standard InChI is InChI=1S/C26H33N3O3S/c1-6-10-27-26(33)29(11-9-19-7-8-22(31-4)23(14-19)32-5)16-21-15-20-13-17(2)12-18(3)24(20)28-25(21)30/h7-8,12-15H,6,9-11,16H2,1-5H3,(H,27,33)(H,28,30). The molecule has 1 heterocycles. The Morgan fingerprint density at radius 1 is 1.09 bits per heavy atom. The largest absolute Gasteiger partial charge is 0.493 e. The molecule has 2 N–H and O–H groups in total. The van der Waals surface area contributed by atoms with Crippen molar-refractivity contribution in [2.75, 3.05) is 27.3 Å². The van der Waals surface area contributed by atoms with E-state index in [1.807, 2.05) is 31.2 Å². The molecule has 0 amide bonds. The molecule has 0 spiro atoms. The van der Waals surface area contributed by atoms with Crippen LogP contribution in [0.15, 0.2) is 41.2 Å². The maximum absolute atomic E-state index is 12.9. The summed E-state index contributed by atoms with van der Waals surface area (Å²) < 4.78 is 10.8. The number of ether oxygens (including phenoxy) is 2. The highest BCUT2D eigenvalue weighted by atomic mass is 32.1. The number of fused-ring (bicyclic) bond motifs is 1. The molecule has 6 nitrogen and oxygen atoms in total. The molecule has 176 valence electrons. The van der Waals surface area contributed by atoms with Crippen LogP contribution in [0.2, 0.25) is 0 Å². The van der Waals surface area contributed by atoms with Crippen LogP contribution < -0.4 is 20.3 Å². The number of benzene rings is 2. The van der Waals surface area contributed by atoms with Gasteiger partial charge in [-0.05, 0) is 79.7 Å². The molecule has 2 aromatic carbocycles. The Kier molecular flexibility index (Phi) is 8.33. The number of aryl methyl sites for hydroxylation is 2. The summed E-state index contributed by atoms with van der Waals surface area (Å²) in [4.78, 5) is 18.0. The van der Waals surface area contributed by atoms with E-state index in [1.165, 1.54) is 5.56 Å². The Morgan fingerprint density at radius 2 is 1.85 bits per heavy atom. The van der Waals surface area contributed by atoms with E-state index in [9.17, 15) is 4.79 Å². The van der Waals surface area contributed by atoms with E-state index >= 15 is 0 Å². The Hall–Kier alpha value is -3.06. The highest BCUT2D eigenvalue weighted by Crippen LogP contribution is 2.28. The lowest BCUT2D eigenvalue weighted by molar-refractivity contribution is 0.354. The maximum atomic E-state index is 12.9. The summed E-state index contributed by atoms with van der Waals surface area (Å²) in [6, 6.07) is 12.1. The zero-order valence-electron chi connectivity index (χ0n) is 20.1. The number of pyridine rings is 1. The van der Waals surface area contributed by atoms with Crippen molar-refractivity contribution in [1.82, 2.24) is 15.2 Å². The molecule has 7 heteroatoms. The molecule has 0 saturated heterocycles. The van der Waals surface area contributed by atoms with Crippen LogP contribution in [0.25, 0.3) is 10.9 Å². The van der Waals surface area contributed by atoms with Gasteiger partial charge in [0.1, 0.15) is 0 Å². The number of nitrogens with zero attached hydrogens (tertiary/aromatic N) is 1. The van der Waals surface area contributed by atoms with Gasteiger partial charge in [-0.25, -0.2) is 0 Å². The fraction of sp³-hybridized carbons (Fsp3) is 0.385. The molecule has 1 aromatic heterocycles. The first-order valence-corrected chi connectivity index (χ1v) is 11.6. The fourth-order valence-corrected chi connectivity index (χ4v) is 4.21. The number of rotatable bonds is 9. The monoisotopic (exact) mass is 467 g/mol. The van der Waals surface area contributed by atoms with Crippen LogP contribution in [0.4, 0.5) is 0 Å². The normalized spacial score (nSPS) is 10.8.